The number of benzene rings is 2. The molecule has 0 bridgehead atoms. The van der Waals surface area contributed by atoms with Crippen LogP contribution in [0.2, 0.25) is 0 Å². The summed E-state index contributed by atoms with van der Waals surface area (Å²) in [6, 6.07) is 13.4. The molecule has 35 heavy (non-hydrogen) atoms. The molecule has 11 heteroatoms. The molecule has 1 aromatic heterocycles. The molecule has 4 rings (SSSR count). The van der Waals surface area contributed by atoms with Crippen LogP contribution in [0.15, 0.2) is 76.8 Å². The molecule has 1 aliphatic rings. The van der Waals surface area contributed by atoms with E-state index in [9.17, 15) is 21.6 Å². The van der Waals surface area contributed by atoms with Crippen molar-refractivity contribution >= 4 is 37.3 Å². The van der Waals surface area contributed by atoms with Gasteiger partial charge in [0.2, 0.25) is 10.0 Å². The molecule has 2 heterocycles. The molecule has 0 aliphatic carbocycles. The minimum absolute atomic E-state index is 0.0187. The molecule has 184 valence electrons. The quantitative estimate of drug-likeness (QED) is 0.496. The molecule has 1 fully saturated rings. The van der Waals surface area contributed by atoms with Crippen LogP contribution < -0.4 is 10.0 Å². The summed E-state index contributed by atoms with van der Waals surface area (Å²) in [5.74, 6) is -0.484. The van der Waals surface area contributed by atoms with Crippen LogP contribution in [0.5, 0.6) is 0 Å². The Balaban J connectivity index is 1.50. The molecule has 0 atom stereocenters. The highest BCUT2D eigenvalue weighted by molar-refractivity contribution is 7.92. The van der Waals surface area contributed by atoms with Crippen molar-refractivity contribution in [3.63, 3.8) is 0 Å². The molecular weight excluding hydrogens is 488 g/mol. The van der Waals surface area contributed by atoms with Crippen molar-refractivity contribution in [2.45, 2.75) is 36.0 Å². The van der Waals surface area contributed by atoms with Crippen molar-refractivity contribution in [3.05, 3.63) is 78.1 Å². The summed E-state index contributed by atoms with van der Waals surface area (Å²) < 4.78 is 55.1. The molecule has 2 aromatic carbocycles. The first-order valence-corrected chi connectivity index (χ1v) is 14.0. The summed E-state index contributed by atoms with van der Waals surface area (Å²) in [6.45, 7) is 2.68. The van der Waals surface area contributed by atoms with Crippen LogP contribution in [0.4, 0.5) is 11.4 Å². The molecule has 0 spiro atoms. The average Bonchev–Trinajstić information content (AvgIpc) is 2.85. The number of aryl methyl sites for hydroxylation is 1. The van der Waals surface area contributed by atoms with Crippen LogP contribution in [0.25, 0.3) is 0 Å². The lowest BCUT2D eigenvalue weighted by Crippen LogP contribution is -2.35. The molecule has 9 nitrogen and oxygen atoms in total. The SMILES string of the molecule is Cc1ccc(S(=O)(=O)N2CCCCC2)cc1C(=O)Nc1ccc(S(=O)(=O)Nc2cccnc2)cc1. The number of nitrogens with one attached hydrogen (secondary N) is 2. The van der Waals surface area contributed by atoms with E-state index in [0.717, 1.165) is 19.3 Å². The summed E-state index contributed by atoms with van der Waals surface area (Å²) in [5.41, 5.74) is 1.57. The monoisotopic (exact) mass is 514 g/mol. The van der Waals surface area contributed by atoms with E-state index in [1.54, 1.807) is 25.1 Å². The summed E-state index contributed by atoms with van der Waals surface area (Å²) >= 11 is 0. The van der Waals surface area contributed by atoms with Crippen molar-refractivity contribution in [1.82, 2.24) is 9.29 Å². The van der Waals surface area contributed by atoms with E-state index in [2.05, 4.69) is 15.0 Å². The van der Waals surface area contributed by atoms with Gasteiger partial charge < -0.3 is 5.32 Å². The van der Waals surface area contributed by atoms with E-state index >= 15 is 0 Å². The number of hydrogen-bond acceptors (Lipinski definition) is 6. The largest absolute Gasteiger partial charge is 0.322 e. The van der Waals surface area contributed by atoms with Gasteiger partial charge in [0.15, 0.2) is 0 Å². The average molecular weight is 515 g/mol. The molecule has 2 N–H and O–H groups in total. The number of carbonyl (C=O) groups is 1. The Kier molecular flexibility index (Phi) is 7.20. The highest BCUT2D eigenvalue weighted by atomic mass is 32.2. The minimum Gasteiger partial charge on any atom is -0.322 e. The lowest BCUT2D eigenvalue weighted by Gasteiger charge is -2.26. The zero-order valence-electron chi connectivity index (χ0n) is 19.1. The van der Waals surface area contributed by atoms with Gasteiger partial charge in [0.25, 0.3) is 15.9 Å². The predicted molar refractivity (Wildman–Crippen MR) is 133 cm³/mol. The molecule has 1 aliphatic heterocycles. The van der Waals surface area contributed by atoms with Crippen LogP contribution in [0.3, 0.4) is 0 Å². The molecule has 0 saturated carbocycles. The van der Waals surface area contributed by atoms with Gasteiger partial charge in [0.1, 0.15) is 0 Å². The third-order valence-electron chi connectivity index (χ3n) is 5.74. The van der Waals surface area contributed by atoms with Crippen LogP contribution in [-0.4, -0.2) is 45.1 Å². The van der Waals surface area contributed by atoms with E-state index in [0.29, 0.717) is 30.0 Å². The van der Waals surface area contributed by atoms with E-state index in [4.69, 9.17) is 0 Å². The normalized spacial score (nSPS) is 14.9. The maximum atomic E-state index is 13.0. The van der Waals surface area contributed by atoms with Crippen molar-refractivity contribution in [2.24, 2.45) is 0 Å². The first-order chi connectivity index (χ1) is 16.7. The second-order valence-corrected chi connectivity index (χ2v) is 11.9. The van der Waals surface area contributed by atoms with Crippen LogP contribution in [0, 0.1) is 6.92 Å². The Bertz CT molecular complexity index is 1420. The second kappa shape index (κ2) is 10.1. The van der Waals surface area contributed by atoms with Gasteiger partial charge in [0.05, 0.1) is 21.7 Å². The van der Waals surface area contributed by atoms with E-state index in [1.807, 2.05) is 0 Å². The number of nitrogens with zero attached hydrogens (tertiary/aromatic N) is 2. The molecule has 0 unspecified atom stereocenters. The second-order valence-electron chi connectivity index (χ2n) is 8.27. The Morgan fingerprint density at radius 3 is 2.23 bits per heavy atom. The van der Waals surface area contributed by atoms with E-state index in [-0.39, 0.29) is 15.4 Å². The van der Waals surface area contributed by atoms with Crippen LogP contribution in [-0.2, 0) is 20.0 Å². The van der Waals surface area contributed by atoms with Gasteiger partial charge in [-0.25, -0.2) is 16.8 Å². The minimum atomic E-state index is -3.82. The fourth-order valence-corrected chi connectivity index (χ4v) is 6.40. The van der Waals surface area contributed by atoms with Crippen molar-refractivity contribution < 1.29 is 21.6 Å². The van der Waals surface area contributed by atoms with Crippen molar-refractivity contribution in [1.29, 1.82) is 0 Å². The number of rotatable bonds is 7. The number of hydrogen-bond donors (Lipinski definition) is 2. The molecule has 1 saturated heterocycles. The predicted octanol–water partition coefficient (Wildman–Crippen LogP) is 3.62. The topological polar surface area (TPSA) is 126 Å². The lowest BCUT2D eigenvalue weighted by molar-refractivity contribution is 0.102. The number of anilines is 2. The number of amides is 1. The van der Waals surface area contributed by atoms with Crippen LogP contribution >= 0.6 is 0 Å². The number of piperidine rings is 1. The maximum Gasteiger partial charge on any atom is 0.261 e. The fraction of sp³-hybridized carbons (Fsp3) is 0.250. The zero-order chi connectivity index (χ0) is 25.1. The van der Waals surface area contributed by atoms with Gasteiger partial charge in [-0.15, -0.1) is 0 Å². The van der Waals surface area contributed by atoms with Gasteiger partial charge >= 0.3 is 0 Å². The third kappa shape index (κ3) is 5.69. The first-order valence-electron chi connectivity index (χ1n) is 11.1. The van der Waals surface area contributed by atoms with Gasteiger partial charge in [-0.05, 0) is 73.9 Å². The molecule has 3 aromatic rings. The first kappa shape index (κ1) is 24.8. The maximum absolute atomic E-state index is 13.0. The Hall–Kier alpha value is -3.28. The summed E-state index contributed by atoms with van der Waals surface area (Å²) in [7, 11) is -7.50. The summed E-state index contributed by atoms with van der Waals surface area (Å²) in [6.07, 6.45) is 5.58. The Morgan fingerprint density at radius 1 is 0.886 bits per heavy atom. The number of carbonyl (C=O) groups excluding carboxylic acids is 1. The van der Waals surface area contributed by atoms with Crippen LogP contribution in [0.1, 0.15) is 35.2 Å². The van der Waals surface area contributed by atoms with Gasteiger partial charge in [-0.2, -0.15) is 4.31 Å². The standard InChI is InChI=1S/C24H26N4O5S2/c1-18-7-10-22(35(32,33)28-14-3-2-4-15-28)16-23(18)24(29)26-19-8-11-21(12-9-19)34(30,31)27-20-6-5-13-25-17-20/h5-13,16-17,27H,2-4,14-15H2,1H3,(H,26,29). The van der Waals surface area contributed by atoms with Gasteiger partial charge in [0, 0.05) is 30.5 Å². The molecule has 1 amide bonds. The van der Waals surface area contributed by atoms with Gasteiger partial charge in [-0.3, -0.25) is 14.5 Å². The highest BCUT2D eigenvalue weighted by Crippen LogP contribution is 2.24. The molecular formula is C24H26N4O5S2. The number of pyridine rings is 1. The molecule has 0 radical (unpaired) electrons. The number of sulfonamides is 2. The van der Waals surface area contributed by atoms with E-state index < -0.39 is 26.0 Å². The zero-order valence-corrected chi connectivity index (χ0v) is 20.8. The van der Waals surface area contributed by atoms with Gasteiger partial charge in [-0.1, -0.05) is 12.5 Å². The van der Waals surface area contributed by atoms with E-state index in [1.165, 1.54) is 53.1 Å². The summed E-state index contributed by atoms with van der Waals surface area (Å²) in [5, 5.41) is 2.71. The Morgan fingerprint density at radius 2 is 1.57 bits per heavy atom. The fourth-order valence-electron chi connectivity index (χ4n) is 3.81. The third-order valence-corrected chi connectivity index (χ3v) is 9.03. The lowest BCUT2D eigenvalue weighted by atomic mass is 10.1. The Labute approximate surface area is 205 Å². The number of aromatic nitrogens is 1. The van der Waals surface area contributed by atoms with Crippen molar-refractivity contribution in [2.75, 3.05) is 23.1 Å². The highest BCUT2D eigenvalue weighted by Gasteiger charge is 2.27. The van der Waals surface area contributed by atoms with Crippen molar-refractivity contribution in [3.8, 4) is 0 Å². The smallest absolute Gasteiger partial charge is 0.261 e. The summed E-state index contributed by atoms with van der Waals surface area (Å²) in [4.78, 5) is 16.9.